The van der Waals surface area contributed by atoms with Crippen LogP contribution in [0.25, 0.3) is 0 Å². The maximum Gasteiger partial charge on any atom is 0.310 e. The molecule has 0 radical (unpaired) electrons. The number of aliphatic hydroxyl groups is 4. The van der Waals surface area contributed by atoms with Gasteiger partial charge in [0, 0.05) is 0 Å². The molecule has 0 saturated heterocycles. The van der Waals surface area contributed by atoms with E-state index < -0.39 is 79.4 Å². The summed E-state index contributed by atoms with van der Waals surface area (Å²) in [5.74, 6) is -4.61. The van der Waals surface area contributed by atoms with Gasteiger partial charge >= 0.3 is 23.9 Å². The minimum absolute atomic E-state index is 0.238. The Bertz CT molecular complexity index is 2480. The van der Waals surface area contributed by atoms with Crippen LogP contribution in [0.3, 0.4) is 0 Å². The number of hydrogen-bond donors (Lipinski definition) is 12. The van der Waals surface area contributed by atoms with Crippen LogP contribution in [0.5, 0.6) is 23.0 Å². The van der Waals surface area contributed by atoms with Crippen molar-refractivity contribution in [3.8, 4) is 23.0 Å². The van der Waals surface area contributed by atoms with E-state index in [-0.39, 0.29) is 66.3 Å². The van der Waals surface area contributed by atoms with E-state index in [1.165, 1.54) is 0 Å². The highest BCUT2D eigenvalue weighted by Crippen LogP contribution is 2.45. The molecule has 0 heterocycles. The van der Waals surface area contributed by atoms with E-state index in [9.17, 15) is 60.0 Å². The van der Waals surface area contributed by atoms with Gasteiger partial charge in [-0.1, -0.05) is 215 Å². The van der Waals surface area contributed by atoms with Crippen molar-refractivity contribution in [2.45, 2.75) is 261 Å². The highest BCUT2D eigenvalue weighted by molar-refractivity contribution is 5.78. The lowest BCUT2D eigenvalue weighted by Gasteiger charge is -2.28. The number of aromatic hydroxyl groups is 4. The number of benzene rings is 4. The maximum atomic E-state index is 11.2. The molecule has 4 aromatic carbocycles. The second kappa shape index (κ2) is 30.7. The number of aliphatic hydroxyl groups excluding tert-OH is 4. The predicted molar refractivity (Wildman–Crippen MR) is 357 cm³/mol. The monoisotopic (exact) mass is 1250 g/mol. The molecular weight excluding hydrogens is 1130 g/mol. The highest BCUT2D eigenvalue weighted by atomic mass is 16.4. The van der Waals surface area contributed by atoms with Crippen LogP contribution in [-0.2, 0) is 62.5 Å². The van der Waals surface area contributed by atoms with Gasteiger partial charge in [-0.05, 0) is 138 Å². The van der Waals surface area contributed by atoms with Crippen molar-refractivity contribution in [2.75, 3.05) is 26.4 Å². The molecule has 89 heavy (non-hydrogen) atoms. The zero-order valence-electron chi connectivity index (χ0n) is 59.3. The first kappa shape index (κ1) is 82.8. The topological polar surface area (TPSA) is 311 Å². The van der Waals surface area contributed by atoms with Crippen LogP contribution < -0.4 is 0 Å². The molecule has 0 fully saturated rings. The predicted octanol–water partition coefficient (Wildman–Crippen LogP) is 14.6. The van der Waals surface area contributed by atoms with Crippen molar-refractivity contribution in [3.63, 3.8) is 0 Å². The van der Waals surface area contributed by atoms with Gasteiger partial charge in [-0.2, -0.15) is 0 Å². The fourth-order valence-corrected chi connectivity index (χ4v) is 9.07. The molecule has 0 spiro atoms. The summed E-state index contributed by atoms with van der Waals surface area (Å²) in [4.78, 5) is 45.0. The Balaban J connectivity index is 0.00000111. The minimum Gasteiger partial charge on any atom is -0.507 e. The molecule has 4 atom stereocenters. The molecule has 0 amide bonds. The van der Waals surface area contributed by atoms with Crippen LogP contribution in [0.15, 0.2) is 48.5 Å². The van der Waals surface area contributed by atoms with Gasteiger partial charge in [-0.25, -0.2) is 0 Å². The number of phenols is 4. The number of carboxylic acids is 4. The zero-order valence-corrected chi connectivity index (χ0v) is 59.3. The van der Waals surface area contributed by atoms with Crippen molar-refractivity contribution in [1.29, 1.82) is 0 Å². The Kier molecular flexibility index (Phi) is 28.6. The number of rotatable bonds is 12. The van der Waals surface area contributed by atoms with Gasteiger partial charge in [0.25, 0.3) is 0 Å². The van der Waals surface area contributed by atoms with Gasteiger partial charge in [0.15, 0.2) is 0 Å². The summed E-state index contributed by atoms with van der Waals surface area (Å²) < 4.78 is 0. The summed E-state index contributed by atoms with van der Waals surface area (Å²) in [6, 6.07) is 14.6. The van der Waals surface area contributed by atoms with Crippen molar-refractivity contribution in [3.05, 3.63) is 115 Å². The van der Waals surface area contributed by atoms with E-state index in [1.807, 2.05) is 215 Å². The second-order valence-electron chi connectivity index (χ2n) is 32.2. The Hall–Kier alpha value is -6.20. The van der Waals surface area contributed by atoms with Gasteiger partial charge < -0.3 is 61.3 Å². The first-order chi connectivity index (χ1) is 39.7. The lowest BCUT2D eigenvalue weighted by Crippen LogP contribution is -2.37. The average molecular weight is 1250 g/mol. The molecule has 0 aliphatic heterocycles. The molecule has 0 aliphatic carbocycles. The highest BCUT2D eigenvalue weighted by Gasteiger charge is 2.34. The second-order valence-corrected chi connectivity index (χ2v) is 32.2. The Morgan fingerprint density at radius 2 is 0.371 bits per heavy atom. The zero-order chi connectivity index (χ0) is 70.8. The minimum atomic E-state index is -1.11. The number of carboxylic acid groups (broad SMARTS) is 4. The molecule has 0 saturated carbocycles. The van der Waals surface area contributed by atoms with Crippen LogP contribution in [0.2, 0.25) is 0 Å². The smallest absolute Gasteiger partial charge is 0.310 e. The van der Waals surface area contributed by atoms with Gasteiger partial charge in [0.2, 0.25) is 0 Å². The normalized spacial score (nSPS) is 13.9. The third kappa shape index (κ3) is 23.2. The molecule has 16 heteroatoms. The van der Waals surface area contributed by atoms with Gasteiger partial charge in [0.05, 0.1) is 55.5 Å². The Morgan fingerprint density at radius 1 is 0.270 bits per heavy atom. The van der Waals surface area contributed by atoms with Gasteiger partial charge in [-0.15, -0.1) is 0 Å². The van der Waals surface area contributed by atoms with Gasteiger partial charge in [-0.3, -0.25) is 19.2 Å². The van der Waals surface area contributed by atoms with Crippen LogP contribution in [-0.4, -0.2) is 112 Å². The Morgan fingerprint density at radius 3 is 0.427 bits per heavy atom. The van der Waals surface area contributed by atoms with Crippen molar-refractivity contribution in [1.82, 2.24) is 0 Å². The van der Waals surface area contributed by atoms with Gasteiger partial charge in [0.1, 0.15) is 23.0 Å². The summed E-state index contributed by atoms with van der Waals surface area (Å²) >= 11 is 0. The summed E-state index contributed by atoms with van der Waals surface area (Å²) in [5.41, 5.74) is 6.34. The summed E-state index contributed by atoms with van der Waals surface area (Å²) in [6.07, 6.45) is 0. The average Bonchev–Trinajstić information content (AvgIpc) is 3.49. The lowest BCUT2D eigenvalue weighted by atomic mass is 9.77. The molecular formula is C73H116O16. The Labute approximate surface area is 533 Å². The van der Waals surface area contributed by atoms with E-state index in [0.29, 0.717) is 0 Å². The standard InChI is InChI=1S/4C17H26O3.C5H12O4/c4*1-10(15(19)20)11-8-12(16(2,3)4)14(18)13(9-11)17(5,6)7;6-1-5(2-7,3-8)4-9/h4*8-10,18H,1-7H3,(H,19,20);6-9H,1-4H2. The van der Waals surface area contributed by atoms with E-state index in [4.69, 9.17) is 20.4 Å². The molecule has 504 valence electrons. The molecule has 4 unspecified atom stereocenters. The molecule has 0 aliphatic rings. The van der Waals surface area contributed by atoms with Crippen LogP contribution in [0.1, 0.15) is 284 Å². The third-order valence-corrected chi connectivity index (χ3v) is 15.8. The fraction of sp³-hybridized carbons (Fsp3) is 0.616. The summed E-state index contributed by atoms with van der Waals surface area (Å²) in [6.45, 7) is 53.5. The van der Waals surface area contributed by atoms with Crippen molar-refractivity contribution < 1.29 is 80.5 Å². The number of aliphatic carboxylic acids is 4. The summed E-state index contributed by atoms with van der Waals surface area (Å²) in [7, 11) is 0. The first-order valence-electron chi connectivity index (χ1n) is 30.5. The SMILES string of the molecule is CC(C(=O)O)c1cc(C(C)(C)C)c(O)c(C(C)(C)C)c1.CC(C(=O)O)c1cc(C(C)(C)C)c(O)c(C(C)(C)C)c1.CC(C(=O)O)c1cc(C(C)(C)C)c(O)c(C(C)(C)C)c1.CC(C(=O)O)c1cc(C(C)(C)C)c(O)c(C(C)(C)C)c1.OCC(CO)(CO)CO. The largest absolute Gasteiger partial charge is 0.507 e. The quantitative estimate of drug-likeness (QED) is 0.0627. The number of phenolic OH excluding ortho intramolecular Hbond substituents is 4. The first-order valence-corrected chi connectivity index (χ1v) is 30.5. The molecule has 16 nitrogen and oxygen atoms in total. The maximum absolute atomic E-state index is 11.2. The number of hydrogen-bond acceptors (Lipinski definition) is 12. The van der Waals surface area contributed by atoms with E-state index in [0.717, 1.165) is 66.8 Å². The van der Waals surface area contributed by atoms with Crippen LogP contribution >= 0.6 is 0 Å². The number of carbonyl (C=O) groups is 4. The van der Waals surface area contributed by atoms with Crippen molar-refractivity contribution in [2.24, 2.45) is 5.41 Å². The van der Waals surface area contributed by atoms with E-state index in [1.54, 1.807) is 27.7 Å². The van der Waals surface area contributed by atoms with Crippen molar-refractivity contribution >= 4 is 23.9 Å². The fourth-order valence-electron chi connectivity index (χ4n) is 9.07. The molecule has 12 N–H and O–H groups in total. The molecule has 4 aromatic rings. The van der Waals surface area contributed by atoms with Crippen LogP contribution in [0.4, 0.5) is 0 Å². The molecule has 4 rings (SSSR count). The van der Waals surface area contributed by atoms with Crippen LogP contribution in [0, 0.1) is 5.41 Å². The van der Waals surface area contributed by atoms with E-state index in [2.05, 4.69) is 0 Å². The summed E-state index contributed by atoms with van der Waals surface area (Å²) in [5, 5.41) is 113. The van der Waals surface area contributed by atoms with E-state index >= 15 is 0 Å². The molecule has 0 aromatic heterocycles. The molecule has 0 bridgehead atoms. The third-order valence-electron chi connectivity index (χ3n) is 15.8. The lowest BCUT2D eigenvalue weighted by molar-refractivity contribution is -0.139.